The zero-order valence-electron chi connectivity index (χ0n) is 13.6. The Morgan fingerprint density at radius 1 is 1.08 bits per heavy atom. The van der Waals surface area contributed by atoms with Gasteiger partial charge in [0.1, 0.15) is 5.82 Å². The number of nitrogens with zero attached hydrogens (tertiary/aromatic N) is 2. The van der Waals surface area contributed by atoms with Crippen molar-refractivity contribution in [3.8, 4) is 5.69 Å². The fourth-order valence-electron chi connectivity index (χ4n) is 3.00. The van der Waals surface area contributed by atoms with Crippen LogP contribution < -0.4 is 0 Å². The van der Waals surface area contributed by atoms with E-state index in [1.165, 1.54) is 5.56 Å². The second-order valence-electron chi connectivity index (χ2n) is 6.03. The SMILES string of the molecule is CC(O)CC(Cc1ccccc1)c1n[nH]c(=S)n1-c1ccccc1. The number of para-hydroxylation sites is 1. The van der Waals surface area contributed by atoms with E-state index in [1.807, 2.05) is 60.0 Å². The highest BCUT2D eigenvalue weighted by Gasteiger charge is 2.22. The summed E-state index contributed by atoms with van der Waals surface area (Å²) in [6.45, 7) is 1.81. The van der Waals surface area contributed by atoms with Crippen LogP contribution in [0.5, 0.6) is 0 Å². The van der Waals surface area contributed by atoms with E-state index in [0.717, 1.165) is 17.9 Å². The molecule has 0 aliphatic rings. The molecular weight excluding hydrogens is 318 g/mol. The molecule has 0 radical (unpaired) electrons. The molecule has 124 valence electrons. The van der Waals surface area contributed by atoms with Crippen molar-refractivity contribution >= 4 is 12.2 Å². The van der Waals surface area contributed by atoms with Crippen molar-refractivity contribution in [1.29, 1.82) is 0 Å². The lowest BCUT2D eigenvalue weighted by Gasteiger charge is -2.19. The van der Waals surface area contributed by atoms with Crippen LogP contribution in [0.15, 0.2) is 60.7 Å². The first-order chi connectivity index (χ1) is 11.6. The summed E-state index contributed by atoms with van der Waals surface area (Å²) in [5, 5.41) is 17.3. The molecule has 0 fully saturated rings. The van der Waals surface area contributed by atoms with Crippen LogP contribution in [0, 0.1) is 4.77 Å². The number of H-pyrrole nitrogens is 1. The monoisotopic (exact) mass is 339 g/mol. The van der Waals surface area contributed by atoms with Crippen LogP contribution in [0.3, 0.4) is 0 Å². The number of hydrogen-bond donors (Lipinski definition) is 2. The Hall–Kier alpha value is -2.24. The number of nitrogens with one attached hydrogen (secondary N) is 1. The molecule has 0 aliphatic carbocycles. The van der Waals surface area contributed by atoms with Crippen molar-refractivity contribution in [2.75, 3.05) is 0 Å². The van der Waals surface area contributed by atoms with E-state index in [4.69, 9.17) is 12.2 Å². The molecule has 2 aromatic carbocycles. The third-order valence-electron chi connectivity index (χ3n) is 4.03. The Bertz CT molecular complexity index is 825. The van der Waals surface area contributed by atoms with Crippen molar-refractivity contribution in [3.05, 3.63) is 76.8 Å². The second-order valence-corrected chi connectivity index (χ2v) is 6.42. The number of rotatable bonds is 6. The number of aromatic amines is 1. The van der Waals surface area contributed by atoms with Gasteiger partial charge < -0.3 is 5.11 Å². The van der Waals surface area contributed by atoms with E-state index >= 15 is 0 Å². The van der Waals surface area contributed by atoms with Gasteiger partial charge in [0.25, 0.3) is 0 Å². The summed E-state index contributed by atoms with van der Waals surface area (Å²) in [5.41, 5.74) is 2.20. The summed E-state index contributed by atoms with van der Waals surface area (Å²) in [5.74, 6) is 0.927. The van der Waals surface area contributed by atoms with Gasteiger partial charge in [-0.3, -0.25) is 9.67 Å². The minimum absolute atomic E-state index is 0.0700. The highest BCUT2D eigenvalue weighted by molar-refractivity contribution is 7.71. The molecule has 0 saturated carbocycles. The van der Waals surface area contributed by atoms with Gasteiger partial charge in [0, 0.05) is 11.6 Å². The minimum atomic E-state index is -0.409. The third kappa shape index (κ3) is 3.80. The van der Waals surface area contributed by atoms with E-state index < -0.39 is 6.10 Å². The molecule has 0 bridgehead atoms. The number of aliphatic hydroxyl groups excluding tert-OH is 1. The Labute approximate surface area is 146 Å². The van der Waals surface area contributed by atoms with Crippen LogP contribution in [-0.2, 0) is 6.42 Å². The maximum Gasteiger partial charge on any atom is 0.199 e. The van der Waals surface area contributed by atoms with Gasteiger partial charge in [-0.1, -0.05) is 48.5 Å². The zero-order chi connectivity index (χ0) is 16.9. The number of aromatic nitrogens is 3. The molecule has 2 N–H and O–H groups in total. The first kappa shape index (κ1) is 16.6. The molecule has 0 saturated heterocycles. The molecule has 4 nitrogen and oxygen atoms in total. The van der Waals surface area contributed by atoms with Crippen LogP contribution in [0.4, 0.5) is 0 Å². The van der Waals surface area contributed by atoms with Crippen LogP contribution in [-0.4, -0.2) is 26.0 Å². The molecule has 5 heteroatoms. The van der Waals surface area contributed by atoms with Gasteiger partial charge in [0.15, 0.2) is 4.77 Å². The lowest BCUT2D eigenvalue weighted by Crippen LogP contribution is -2.16. The van der Waals surface area contributed by atoms with Gasteiger partial charge in [0.05, 0.1) is 6.10 Å². The van der Waals surface area contributed by atoms with E-state index in [9.17, 15) is 5.11 Å². The Morgan fingerprint density at radius 2 is 1.71 bits per heavy atom. The maximum absolute atomic E-state index is 9.96. The van der Waals surface area contributed by atoms with Gasteiger partial charge in [0.2, 0.25) is 0 Å². The summed E-state index contributed by atoms with van der Waals surface area (Å²) >= 11 is 5.43. The Balaban J connectivity index is 2.01. The lowest BCUT2D eigenvalue weighted by atomic mass is 9.93. The van der Waals surface area contributed by atoms with Gasteiger partial charge in [-0.15, -0.1) is 0 Å². The van der Waals surface area contributed by atoms with Gasteiger partial charge in [-0.25, -0.2) is 0 Å². The van der Waals surface area contributed by atoms with Crippen LogP contribution in [0.2, 0.25) is 0 Å². The molecule has 2 unspecified atom stereocenters. The summed E-state index contributed by atoms with van der Waals surface area (Å²) in [6.07, 6.45) is 1.02. The van der Waals surface area contributed by atoms with Crippen LogP contribution in [0.25, 0.3) is 5.69 Å². The Morgan fingerprint density at radius 3 is 2.33 bits per heavy atom. The van der Waals surface area contributed by atoms with E-state index in [1.54, 1.807) is 0 Å². The van der Waals surface area contributed by atoms with Crippen molar-refractivity contribution in [2.24, 2.45) is 0 Å². The van der Waals surface area contributed by atoms with Crippen molar-refractivity contribution in [2.45, 2.75) is 31.8 Å². The predicted octanol–water partition coefficient (Wildman–Crippen LogP) is 4.03. The molecule has 0 amide bonds. The van der Waals surface area contributed by atoms with E-state index in [0.29, 0.717) is 11.2 Å². The molecule has 0 aliphatic heterocycles. The molecule has 1 heterocycles. The largest absolute Gasteiger partial charge is 0.393 e. The second kappa shape index (κ2) is 7.55. The van der Waals surface area contributed by atoms with E-state index in [-0.39, 0.29) is 5.92 Å². The minimum Gasteiger partial charge on any atom is -0.393 e. The number of hydrogen-bond acceptors (Lipinski definition) is 3. The summed E-state index contributed by atoms with van der Waals surface area (Å²) in [4.78, 5) is 0. The normalized spacial score (nSPS) is 13.6. The highest BCUT2D eigenvalue weighted by Crippen LogP contribution is 2.26. The summed E-state index contributed by atoms with van der Waals surface area (Å²) < 4.78 is 2.53. The third-order valence-corrected chi connectivity index (χ3v) is 4.30. The van der Waals surface area contributed by atoms with Crippen molar-refractivity contribution in [3.63, 3.8) is 0 Å². The average molecular weight is 339 g/mol. The number of aliphatic hydroxyl groups is 1. The van der Waals surface area contributed by atoms with Gasteiger partial charge >= 0.3 is 0 Å². The topological polar surface area (TPSA) is 53.8 Å². The molecular formula is C19H21N3OS. The predicted molar refractivity (Wildman–Crippen MR) is 97.9 cm³/mol. The van der Waals surface area contributed by atoms with Gasteiger partial charge in [-0.2, -0.15) is 5.10 Å². The van der Waals surface area contributed by atoms with Crippen LogP contribution in [0.1, 0.15) is 30.7 Å². The highest BCUT2D eigenvalue weighted by atomic mass is 32.1. The van der Waals surface area contributed by atoms with Crippen molar-refractivity contribution < 1.29 is 5.11 Å². The molecule has 1 aromatic heterocycles. The molecule has 0 spiro atoms. The standard InChI is InChI=1S/C19H21N3OS/c1-14(23)12-16(13-15-8-4-2-5-9-15)18-20-21-19(24)22(18)17-10-6-3-7-11-17/h2-11,14,16,23H,12-13H2,1H3,(H,21,24). The zero-order valence-corrected chi connectivity index (χ0v) is 14.4. The van der Waals surface area contributed by atoms with E-state index in [2.05, 4.69) is 22.3 Å². The first-order valence-electron chi connectivity index (χ1n) is 8.10. The lowest BCUT2D eigenvalue weighted by molar-refractivity contribution is 0.172. The molecule has 2 atom stereocenters. The molecule has 3 rings (SSSR count). The first-order valence-corrected chi connectivity index (χ1v) is 8.50. The van der Waals surface area contributed by atoms with Gasteiger partial charge in [-0.05, 0) is 49.7 Å². The molecule has 24 heavy (non-hydrogen) atoms. The summed E-state index contributed by atoms with van der Waals surface area (Å²) in [6, 6.07) is 20.2. The summed E-state index contributed by atoms with van der Waals surface area (Å²) in [7, 11) is 0. The maximum atomic E-state index is 9.96. The average Bonchev–Trinajstić information content (AvgIpc) is 2.97. The van der Waals surface area contributed by atoms with Crippen molar-refractivity contribution in [1.82, 2.24) is 14.8 Å². The fraction of sp³-hybridized carbons (Fsp3) is 0.263. The smallest absolute Gasteiger partial charge is 0.199 e. The quantitative estimate of drug-likeness (QED) is 0.667. The Kier molecular flexibility index (Phi) is 5.23. The molecule has 3 aromatic rings. The van der Waals surface area contributed by atoms with Crippen LogP contribution >= 0.6 is 12.2 Å². The fourth-order valence-corrected chi connectivity index (χ4v) is 3.24. The number of benzene rings is 2.